The molecule has 2 atom stereocenters. The van der Waals surface area contributed by atoms with Gasteiger partial charge in [-0.05, 0) is 77.0 Å². The largest absolute Gasteiger partial charge is 0.394 e. The Morgan fingerprint density at radius 3 is 1.31 bits per heavy atom. The fraction of sp³-hybridized carbons (Fsp3) is 0.692. The molecule has 0 amide bonds. The first-order chi connectivity index (χ1) is 20.8. The summed E-state index contributed by atoms with van der Waals surface area (Å²) in [5.74, 6) is 0. The number of unbranched alkanes of at least 4 members (excludes halogenated alkanes) is 12. The highest BCUT2D eigenvalue weighted by atomic mass is 16.5. The number of hydrogen-bond donors (Lipinski definition) is 2. The van der Waals surface area contributed by atoms with Crippen molar-refractivity contribution in [2.75, 3.05) is 13.2 Å². The molecule has 0 aromatic heterocycles. The number of allylic oxidation sites excluding steroid dienone is 12. The number of ether oxygens (including phenoxy) is 1. The van der Waals surface area contributed by atoms with Crippen LogP contribution in [0.2, 0.25) is 0 Å². The van der Waals surface area contributed by atoms with Gasteiger partial charge in [-0.15, -0.1) is 0 Å². The highest BCUT2D eigenvalue weighted by Gasteiger charge is 2.18. The Morgan fingerprint density at radius 1 is 0.476 bits per heavy atom. The summed E-state index contributed by atoms with van der Waals surface area (Å²) < 4.78 is 5.99. The number of rotatable bonds is 31. The lowest BCUT2D eigenvalue weighted by Crippen LogP contribution is -2.32. The van der Waals surface area contributed by atoms with Gasteiger partial charge in [0, 0.05) is 6.61 Å². The maximum Gasteiger partial charge on any atom is 0.103 e. The zero-order valence-electron chi connectivity index (χ0n) is 27.6. The van der Waals surface area contributed by atoms with E-state index in [1.807, 2.05) is 0 Å². The Hall–Kier alpha value is -1.68. The minimum atomic E-state index is -0.763. The van der Waals surface area contributed by atoms with Crippen LogP contribution in [-0.2, 0) is 4.74 Å². The summed E-state index contributed by atoms with van der Waals surface area (Å²) in [5, 5.41) is 19.6. The van der Waals surface area contributed by atoms with E-state index in [9.17, 15) is 10.2 Å². The van der Waals surface area contributed by atoms with E-state index in [4.69, 9.17) is 4.74 Å². The minimum Gasteiger partial charge on any atom is -0.394 e. The molecule has 2 unspecified atom stereocenters. The SMILES string of the molecule is CC/C=C\C/C=C\C/C=C\CCCCCCCCOC(CCCCCCCC/C=C\C/C=C\C/C=C\CC)C(O)CO. The Balaban J connectivity index is 3.65. The van der Waals surface area contributed by atoms with Gasteiger partial charge in [0.05, 0.1) is 12.7 Å². The molecule has 42 heavy (non-hydrogen) atoms. The molecule has 0 radical (unpaired) electrons. The van der Waals surface area contributed by atoms with Gasteiger partial charge in [0.25, 0.3) is 0 Å². The number of aliphatic hydroxyl groups is 2. The summed E-state index contributed by atoms with van der Waals surface area (Å²) in [6.07, 6.45) is 50.3. The quantitative estimate of drug-likeness (QED) is 0.0629. The van der Waals surface area contributed by atoms with Crippen molar-refractivity contribution in [3.63, 3.8) is 0 Å². The monoisotopic (exact) mass is 585 g/mol. The molecule has 2 N–H and O–H groups in total. The minimum absolute atomic E-state index is 0.217. The van der Waals surface area contributed by atoms with Gasteiger partial charge in [-0.3, -0.25) is 0 Å². The molecule has 0 fully saturated rings. The van der Waals surface area contributed by atoms with E-state index < -0.39 is 6.10 Å². The number of hydrogen-bond acceptors (Lipinski definition) is 3. The van der Waals surface area contributed by atoms with Crippen molar-refractivity contribution in [1.29, 1.82) is 0 Å². The van der Waals surface area contributed by atoms with Crippen LogP contribution < -0.4 is 0 Å². The van der Waals surface area contributed by atoms with Crippen LogP contribution >= 0.6 is 0 Å². The van der Waals surface area contributed by atoms with E-state index in [0.29, 0.717) is 6.61 Å². The van der Waals surface area contributed by atoms with Gasteiger partial charge < -0.3 is 14.9 Å². The van der Waals surface area contributed by atoms with Crippen molar-refractivity contribution >= 4 is 0 Å². The second kappa shape index (κ2) is 35.5. The molecule has 0 rings (SSSR count). The van der Waals surface area contributed by atoms with Gasteiger partial charge in [0.15, 0.2) is 0 Å². The molecule has 0 saturated heterocycles. The average Bonchev–Trinajstić information content (AvgIpc) is 3.00. The van der Waals surface area contributed by atoms with Gasteiger partial charge in [-0.25, -0.2) is 0 Å². The predicted octanol–water partition coefficient (Wildman–Crippen LogP) is 11.3. The van der Waals surface area contributed by atoms with E-state index in [2.05, 4.69) is 86.8 Å². The topological polar surface area (TPSA) is 49.7 Å². The molecule has 3 heteroatoms. The molecule has 0 aromatic carbocycles. The van der Waals surface area contributed by atoms with Gasteiger partial charge in [-0.2, -0.15) is 0 Å². The normalized spacial score (nSPS) is 14.3. The third-order valence-corrected chi connectivity index (χ3v) is 7.38. The smallest absolute Gasteiger partial charge is 0.103 e. The highest BCUT2D eigenvalue weighted by molar-refractivity contribution is 4.98. The van der Waals surface area contributed by atoms with Crippen molar-refractivity contribution in [2.24, 2.45) is 0 Å². The first-order valence-corrected chi connectivity index (χ1v) is 17.6. The second-order valence-electron chi connectivity index (χ2n) is 11.4. The molecule has 0 aromatic rings. The fourth-order valence-corrected chi connectivity index (χ4v) is 4.78. The van der Waals surface area contributed by atoms with E-state index in [1.165, 1.54) is 77.0 Å². The summed E-state index contributed by atoms with van der Waals surface area (Å²) >= 11 is 0. The van der Waals surface area contributed by atoms with Crippen LogP contribution in [-0.4, -0.2) is 35.6 Å². The van der Waals surface area contributed by atoms with Crippen LogP contribution in [0.5, 0.6) is 0 Å². The van der Waals surface area contributed by atoms with Crippen LogP contribution in [0.4, 0.5) is 0 Å². The summed E-state index contributed by atoms with van der Waals surface area (Å²) in [6.45, 7) is 4.80. The average molecular weight is 585 g/mol. The summed E-state index contributed by atoms with van der Waals surface area (Å²) in [6, 6.07) is 0. The van der Waals surface area contributed by atoms with Crippen LogP contribution in [0, 0.1) is 0 Å². The van der Waals surface area contributed by atoms with E-state index >= 15 is 0 Å². The van der Waals surface area contributed by atoms with Gasteiger partial charge in [-0.1, -0.05) is 145 Å². The van der Waals surface area contributed by atoms with Crippen molar-refractivity contribution < 1.29 is 14.9 Å². The third-order valence-electron chi connectivity index (χ3n) is 7.38. The number of aliphatic hydroxyl groups excluding tert-OH is 2. The standard InChI is InChI=1S/C39H68O3/c1-3-5-7-9-11-13-15-17-19-21-23-25-27-29-31-33-35-39(38(41)37-40)42-36-34-32-30-28-26-24-22-20-18-16-14-12-10-8-6-4-2/h5-8,11-14,17-20,38-41H,3-4,9-10,15-16,21-37H2,1-2H3/b7-5-,8-6-,13-11-,14-12-,19-17-,20-18-. The molecule has 0 bridgehead atoms. The summed E-state index contributed by atoms with van der Waals surface area (Å²) in [4.78, 5) is 0. The van der Waals surface area contributed by atoms with E-state index in [1.54, 1.807) is 0 Å². The van der Waals surface area contributed by atoms with Gasteiger partial charge in [0.2, 0.25) is 0 Å². The zero-order chi connectivity index (χ0) is 30.6. The summed E-state index contributed by atoms with van der Waals surface area (Å²) in [7, 11) is 0. The maximum atomic E-state index is 10.2. The maximum absolute atomic E-state index is 10.2. The van der Waals surface area contributed by atoms with Gasteiger partial charge in [0.1, 0.15) is 6.10 Å². The van der Waals surface area contributed by atoms with Crippen molar-refractivity contribution in [3.8, 4) is 0 Å². The molecular weight excluding hydrogens is 516 g/mol. The molecule has 3 nitrogen and oxygen atoms in total. The fourth-order valence-electron chi connectivity index (χ4n) is 4.78. The zero-order valence-corrected chi connectivity index (χ0v) is 27.6. The highest BCUT2D eigenvalue weighted by Crippen LogP contribution is 2.15. The molecule has 242 valence electrons. The molecule has 0 aliphatic heterocycles. The molecule has 0 heterocycles. The van der Waals surface area contributed by atoms with Crippen LogP contribution in [0.3, 0.4) is 0 Å². The first-order valence-electron chi connectivity index (χ1n) is 17.6. The van der Waals surface area contributed by atoms with Crippen LogP contribution in [0.15, 0.2) is 72.9 Å². The molecule has 0 aliphatic rings. The van der Waals surface area contributed by atoms with E-state index in [-0.39, 0.29) is 12.7 Å². The lowest BCUT2D eigenvalue weighted by Gasteiger charge is -2.22. The van der Waals surface area contributed by atoms with Crippen molar-refractivity contribution in [1.82, 2.24) is 0 Å². The van der Waals surface area contributed by atoms with Crippen LogP contribution in [0.25, 0.3) is 0 Å². The van der Waals surface area contributed by atoms with Gasteiger partial charge >= 0.3 is 0 Å². The Labute approximate surface area is 261 Å². The Kier molecular flexibility index (Phi) is 34.1. The Bertz CT molecular complexity index is 700. The second-order valence-corrected chi connectivity index (χ2v) is 11.4. The molecule has 0 aliphatic carbocycles. The van der Waals surface area contributed by atoms with Crippen molar-refractivity contribution in [2.45, 2.75) is 161 Å². The predicted molar refractivity (Wildman–Crippen MR) is 186 cm³/mol. The summed E-state index contributed by atoms with van der Waals surface area (Å²) in [5.41, 5.74) is 0. The molecule has 0 spiro atoms. The molecule has 0 saturated carbocycles. The van der Waals surface area contributed by atoms with Crippen LogP contribution in [0.1, 0.15) is 149 Å². The lowest BCUT2D eigenvalue weighted by molar-refractivity contribution is -0.0629. The lowest BCUT2D eigenvalue weighted by atomic mass is 10.0. The first kappa shape index (κ1) is 40.3. The van der Waals surface area contributed by atoms with Crippen molar-refractivity contribution in [3.05, 3.63) is 72.9 Å². The molecular formula is C39H68O3. The third kappa shape index (κ3) is 31.3. The Morgan fingerprint density at radius 2 is 0.857 bits per heavy atom. The van der Waals surface area contributed by atoms with E-state index in [0.717, 1.165) is 57.8 Å².